The van der Waals surface area contributed by atoms with E-state index in [-0.39, 0.29) is 16.3 Å². The van der Waals surface area contributed by atoms with Crippen LogP contribution in [0.5, 0.6) is 0 Å². The van der Waals surface area contributed by atoms with Crippen LogP contribution in [0.3, 0.4) is 0 Å². The van der Waals surface area contributed by atoms with Gasteiger partial charge in [0.05, 0.1) is 16.3 Å². The van der Waals surface area contributed by atoms with Gasteiger partial charge in [0.2, 0.25) is 20.0 Å². The monoisotopic (exact) mass is 380 g/mol. The summed E-state index contributed by atoms with van der Waals surface area (Å²) < 4.78 is 52.2. The van der Waals surface area contributed by atoms with Crippen molar-refractivity contribution < 1.29 is 31.8 Å². The Morgan fingerprint density at radius 1 is 1.04 bits per heavy atom. The molecule has 11 heteroatoms. The molecule has 1 unspecified atom stereocenters. The molecule has 24 heavy (non-hydrogen) atoms. The van der Waals surface area contributed by atoms with Crippen LogP contribution in [0.1, 0.15) is 20.3 Å². The van der Waals surface area contributed by atoms with Crippen molar-refractivity contribution in [2.24, 2.45) is 0 Å². The summed E-state index contributed by atoms with van der Waals surface area (Å²) in [5.41, 5.74) is -2.26. The minimum absolute atomic E-state index is 0.0903. The van der Waals surface area contributed by atoms with Crippen molar-refractivity contribution in [1.29, 1.82) is 0 Å². The van der Waals surface area contributed by atoms with Crippen molar-refractivity contribution in [3.63, 3.8) is 0 Å². The number of aliphatic hydroxyl groups is 1. The molecule has 0 heterocycles. The van der Waals surface area contributed by atoms with Crippen LogP contribution >= 0.6 is 0 Å². The molecule has 4 N–H and O–H groups in total. The zero-order chi connectivity index (χ0) is 18.6. The Morgan fingerprint density at radius 3 is 1.83 bits per heavy atom. The fraction of sp³-hybridized carbons (Fsp3) is 0.462. The third-order valence-electron chi connectivity index (χ3n) is 3.05. The van der Waals surface area contributed by atoms with E-state index in [9.17, 15) is 26.7 Å². The standard InChI is InChI=1S/C13H20N2O7S2/c1-3-8-14-23(19,20)10-4-6-11(7-5-10)24(21,22)15-9-13(2,18)12(16)17/h4-7,14-15,18H,3,8-9H2,1-2H3,(H,16,17). The molecule has 0 fully saturated rings. The number of carboxylic acids is 1. The van der Waals surface area contributed by atoms with Gasteiger partial charge in [-0.2, -0.15) is 0 Å². The maximum absolute atomic E-state index is 12.1. The number of carbonyl (C=O) groups is 1. The molecule has 0 saturated carbocycles. The highest BCUT2D eigenvalue weighted by Crippen LogP contribution is 2.15. The first-order chi connectivity index (χ1) is 10.9. The molecule has 0 aliphatic carbocycles. The highest BCUT2D eigenvalue weighted by atomic mass is 32.2. The van der Waals surface area contributed by atoms with Gasteiger partial charge in [-0.05, 0) is 37.6 Å². The van der Waals surface area contributed by atoms with Gasteiger partial charge < -0.3 is 10.2 Å². The predicted octanol–water partition coefficient (Wildman–Crippen LogP) is -0.511. The maximum atomic E-state index is 12.1. The summed E-state index contributed by atoms with van der Waals surface area (Å²) >= 11 is 0. The first kappa shape index (κ1) is 20.5. The van der Waals surface area contributed by atoms with Crippen LogP contribution in [0, 0.1) is 0 Å². The van der Waals surface area contributed by atoms with Gasteiger partial charge in [0, 0.05) is 6.54 Å². The van der Waals surface area contributed by atoms with Crippen LogP contribution in [0.25, 0.3) is 0 Å². The molecule has 0 spiro atoms. The zero-order valence-corrected chi connectivity index (χ0v) is 14.8. The molecular formula is C13H20N2O7S2. The SMILES string of the molecule is CCCNS(=O)(=O)c1ccc(S(=O)(=O)NCC(C)(O)C(=O)O)cc1. The molecule has 0 saturated heterocycles. The fourth-order valence-corrected chi connectivity index (χ4v) is 3.78. The van der Waals surface area contributed by atoms with Crippen LogP contribution in [-0.4, -0.2) is 51.7 Å². The lowest BCUT2D eigenvalue weighted by atomic mass is 10.1. The Hall–Kier alpha value is -1.53. The highest BCUT2D eigenvalue weighted by Gasteiger charge is 2.31. The fourth-order valence-electron chi connectivity index (χ4n) is 1.51. The van der Waals surface area contributed by atoms with Crippen molar-refractivity contribution in [2.75, 3.05) is 13.1 Å². The van der Waals surface area contributed by atoms with E-state index in [1.165, 1.54) is 0 Å². The summed E-state index contributed by atoms with van der Waals surface area (Å²) in [5, 5.41) is 18.3. The molecule has 0 aliphatic heterocycles. The van der Waals surface area contributed by atoms with Crippen LogP contribution in [0.4, 0.5) is 0 Å². The Labute approximate surface area is 140 Å². The van der Waals surface area contributed by atoms with Crippen molar-refractivity contribution in [3.8, 4) is 0 Å². The number of sulfonamides is 2. The Kier molecular flexibility index (Phi) is 6.47. The number of benzene rings is 1. The van der Waals surface area contributed by atoms with E-state index in [1.54, 1.807) is 6.92 Å². The van der Waals surface area contributed by atoms with Crippen molar-refractivity contribution >= 4 is 26.0 Å². The minimum Gasteiger partial charge on any atom is -0.479 e. The van der Waals surface area contributed by atoms with Crippen molar-refractivity contribution in [2.45, 2.75) is 35.7 Å². The molecule has 0 amide bonds. The predicted molar refractivity (Wildman–Crippen MR) is 85.4 cm³/mol. The summed E-state index contributed by atoms with van der Waals surface area (Å²) in [4.78, 5) is 10.4. The van der Waals surface area contributed by atoms with Gasteiger partial charge in [0.15, 0.2) is 5.60 Å². The van der Waals surface area contributed by atoms with Gasteiger partial charge in [-0.1, -0.05) is 6.92 Å². The van der Waals surface area contributed by atoms with E-state index in [0.717, 1.165) is 31.2 Å². The molecule has 1 rings (SSSR count). The van der Waals surface area contributed by atoms with E-state index < -0.39 is 38.2 Å². The smallest absolute Gasteiger partial charge is 0.336 e. The van der Waals surface area contributed by atoms with Gasteiger partial charge in [0.25, 0.3) is 0 Å². The average Bonchev–Trinajstić information content (AvgIpc) is 2.51. The second kappa shape index (κ2) is 7.57. The number of hydrogen-bond acceptors (Lipinski definition) is 6. The lowest BCUT2D eigenvalue weighted by Gasteiger charge is -2.18. The molecule has 1 aromatic carbocycles. The van der Waals surface area contributed by atoms with E-state index >= 15 is 0 Å². The second-order valence-corrected chi connectivity index (χ2v) is 8.81. The average molecular weight is 380 g/mol. The molecular weight excluding hydrogens is 360 g/mol. The van der Waals surface area contributed by atoms with E-state index in [2.05, 4.69) is 4.72 Å². The minimum atomic E-state index is -4.09. The molecule has 0 bridgehead atoms. The molecule has 0 aromatic heterocycles. The molecule has 0 aliphatic rings. The van der Waals surface area contributed by atoms with Gasteiger partial charge >= 0.3 is 5.97 Å². The topological polar surface area (TPSA) is 150 Å². The zero-order valence-electron chi connectivity index (χ0n) is 13.2. The van der Waals surface area contributed by atoms with Crippen LogP contribution in [0.2, 0.25) is 0 Å². The summed E-state index contributed by atoms with van der Waals surface area (Å²) in [7, 11) is -7.81. The van der Waals surface area contributed by atoms with Crippen LogP contribution < -0.4 is 9.44 Å². The molecule has 0 radical (unpaired) electrons. The summed E-state index contributed by atoms with van der Waals surface area (Å²) in [6.45, 7) is 2.28. The third-order valence-corrected chi connectivity index (χ3v) is 5.95. The summed E-state index contributed by atoms with van der Waals surface area (Å²) in [6.07, 6.45) is 0.610. The molecule has 9 nitrogen and oxygen atoms in total. The Bertz CT molecular complexity index is 784. The summed E-state index contributed by atoms with van der Waals surface area (Å²) in [5.74, 6) is -1.58. The molecule has 136 valence electrons. The number of hydrogen-bond donors (Lipinski definition) is 4. The van der Waals surface area contributed by atoms with E-state index in [4.69, 9.17) is 5.11 Å². The first-order valence-corrected chi connectivity index (χ1v) is 9.94. The maximum Gasteiger partial charge on any atom is 0.336 e. The van der Waals surface area contributed by atoms with Gasteiger partial charge in [-0.15, -0.1) is 0 Å². The number of nitrogens with one attached hydrogen (secondary N) is 2. The van der Waals surface area contributed by atoms with Gasteiger partial charge in [-0.25, -0.2) is 31.1 Å². The highest BCUT2D eigenvalue weighted by molar-refractivity contribution is 7.90. The molecule has 1 atom stereocenters. The number of carboxylic acid groups (broad SMARTS) is 1. The molecule has 1 aromatic rings. The summed E-state index contributed by atoms with van der Waals surface area (Å²) in [6, 6.07) is 4.42. The quantitative estimate of drug-likeness (QED) is 0.450. The number of aliphatic carboxylic acids is 1. The van der Waals surface area contributed by atoms with E-state index in [1.807, 2.05) is 4.72 Å². The van der Waals surface area contributed by atoms with Crippen LogP contribution in [0.15, 0.2) is 34.1 Å². The lowest BCUT2D eigenvalue weighted by molar-refractivity contribution is -0.155. The largest absolute Gasteiger partial charge is 0.479 e. The second-order valence-electron chi connectivity index (χ2n) is 5.27. The Morgan fingerprint density at radius 2 is 1.46 bits per heavy atom. The van der Waals surface area contributed by atoms with Crippen molar-refractivity contribution in [3.05, 3.63) is 24.3 Å². The normalized spacial score (nSPS) is 15.0. The Balaban J connectivity index is 2.94. The van der Waals surface area contributed by atoms with E-state index in [0.29, 0.717) is 6.42 Å². The first-order valence-electron chi connectivity index (χ1n) is 6.97. The van der Waals surface area contributed by atoms with Crippen molar-refractivity contribution in [1.82, 2.24) is 9.44 Å². The van der Waals surface area contributed by atoms with Crippen LogP contribution in [-0.2, 0) is 24.8 Å². The van der Waals surface area contributed by atoms with Gasteiger partial charge in [-0.3, -0.25) is 0 Å². The third kappa shape index (κ3) is 5.24. The number of rotatable bonds is 9. The lowest BCUT2D eigenvalue weighted by Crippen LogP contribution is -2.46. The van der Waals surface area contributed by atoms with Gasteiger partial charge in [0.1, 0.15) is 0 Å².